The van der Waals surface area contributed by atoms with Crippen molar-refractivity contribution in [3.8, 4) is 0 Å². The van der Waals surface area contributed by atoms with Gasteiger partial charge in [0.15, 0.2) is 5.16 Å². The third-order valence-electron chi connectivity index (χ3n) is 2.65. The van der Waals surface area contributed by atoms with Crippen molar-refractivity contribution in [2.75, 3.05) is 18.2 Å². The van der Waals surface area contributed by atoms with Crippen LogP contribution in [0.1, 0.15) is 17.3 Å². The largest absolute Gasteiger partial charge is 0.462 e. The van der Waals surface area contributed by atoms with E-state index in [1.54, 1.807) is 25.1 Å². The summed E-state index contributed by atoms with van der Waals surface area (Å²) in [6.45, 7) is 2.00. The van der Waals surface area contributed by atoms with Gasteiger partial charge in [0, 0.05) is 6.20 Å². The average Bonchev–Trinajstić information content (AvgIpc) is 2.52. The number of nitrogens with one attached hydrogen (secondary N) is 1. The number of benzene rings is 1. The fourth-order valence-electron chi connectivity index (χ4n) is 1.65. The summed E-state index contributed by atoms with van der Waals surface area (Å²) in [6, 6.07) is 5.16. The second-order valence-electron chi connectivity index (χ2n) is 4.07. The van der Waals surface area contributed by atoms with E-state index in [0.717, 1.165) is 0 Å². The molecule has 0 saturated carbocycles. The molecule has 2 rings (SSSR count). The minimum atomic E-state index is -0.504. The molecule has 116 valence electrons. The standard InChI is InChI=1S/C14H13Cl2N3O2S/c1-3-21-13(20)8-7-17-14(22-2)19-12(8)18-10-6-4-5-9(15)11(10)16/h4-7H,3H2,1-2H3,(H,17,18,19). The maximum Gasteiger partial charge on any atom is 0.343 e. The van der Waals surface area contributed by atoms with Gasteiger partial charge in [-0.2, -0.15) is 0 Å². The summed E-state index contributed by atoms with van der Waals surface area (Å²) >= 11 is 13.5. The van der Waals surface area contributed by atoms with Crippen LogP contribution in [0.15, 0.2) is 29.6 Å². The fraction of sp³-hybridized carbons (Fsp3) is 0.214. The summed E-state index contributed by atoms with van der Waals surface area (Å²) in [5, 5.41) is 4.29. The summed E-state index contributed by atoms with van der Waals surface area (Å²) in [4.78, 5) is 20.4. The van der Waals surface area contributed by atoms with Crippen molar-refractivity contribution in [3.05, 3.63) is 40.0 Å². The molecule has 1 heterocycles. The molecule has 0 spiro atoms. The Hall–Kier alpha value is -1.50. The topological polar surface area (TPSA) is 64.1 Å². The molecule has 0 aliphatic heterocycles. The number of halogens is 2. The van der Waals surface area contributed by atoms with Gasteiger partial charge in [0.05, 0.1) is 22.3 Å². The van der Waals surface area contributed by atoms with Gasteiger partial charge in [0.1, 0.15) is 11.4 Å². The Labute approximate surface area is 142 Å². The van der Waals surface area contributed by atoms with Gasteiger partial charge >= 0.3 is 5.97 Å². The third kappa shape index (κ3) is 3.82. The van der Waals surface area contributed by atoms with Crippen LogP contribution in [0.5, 0.6) is 0 Å². The predicted molar refractivity (Wildman–Crippen MR) is 89.5 cm³/mol. The number of aromatic nitrogens is 2. The first-order valence-corrected chi connectivity index (χ1v) is 8.34. The van der Waals surface area contributed by atoms with Gasteiger partial charge < -0.3 is 10.1 Å². The number of nitrogens with zero attached hydrogens (tertiary/aromatic N) is 2. The van der Waals surface area contributed by atoms with Crippen LogP contribution in [0.4, 0.5) is 11.5 Å². The molecule has 0 unspecified atom stereocenters. The molecule has 8 heteroatoms. The van der Waals surface area contributed by atoms with Crippen molar-refractivity contribution in [1.82, 2.24) is 9.97 Å². The predicted octanol–water partition coefficient (Wildman–Crippen LogP) is 4.43. The van der Waals surface area contributed by atoms with E-state index in [9.17, 15) is 4.79 Å². The molecule has 1 aromatic carbocycles. The average molecular weight is 358 g/mol. The highest BCUT2D eigenvalue weighted by Crippen LogP contribution is 2.32. The lowest BCUT2D eigenvalue weighted by molar-refractivity contribution is 0.0526. The normalized spacial score (nSPS) is 10.4. The maximum atomic E-state index is 12.0. The lowest BCUT2D eigenvalue weighted by Crippen LogP contribution is -2.11. The number of rotatable bonds is 5. The first kappa shape index (κ1) is 16.9. The van der Waals surface area contributed by atoms with E-state index < -0.39 is 5.97 Å². The Morgan fingerprint density at radius 2 is 2.18 bits per heavy atom. The minimum Gasteiger partial charge on any atom is -0.462 e. The zero-order chi connectivity index (χ0) is 16.1. The highest BCUT2D eigenvalue weighted by atomic mass is 35.5. The first-order chi connectivity index (χ1) is 10.6. The molecule has 1 aromatic heterocycles. The van der Waals surface area contributed by atoms with E-state index in [1.165, 1.54) is 18.0 Å². The highest BCUT2D eigenvalue weighted by molar-refractivity contribution is 7.98. The molecule has 0 amide bonds. The minimum absolute atomic E-state index is 0.232. The molecule has 22 heavy (non-hydrogen) atoms. The molecule has 0 atom stereocenters. The lowest BCUT2D eigenvalue weighted by Gasteiger charge is -2.12. The smallest absolute Gasteiger partial charge is 0.343 e. The van der Waals surface area contributed by atoms with Crippen molar-refractivity contribution >= 4 is 52.4 Å². The van der Waals surface area contributed by atoms with E-state index >= 15 is 0 Å². The second kappa shape index (κ2) is 7.67. The Kier molecular flexibility index (Phi) is 5.88. The number of thioether (sulfide) groups is 1. The number of esters is 1. The number of carbonyl (C=O) groups excluding carboxylic acids is 1. The molecule has 2 aromatic rings. The van der Waals surface area contributed by atoms with Crippen LogP contribution in [-0.4, -0.2) is 28.8 Å². The van der Waals surface area contributed by atoms with Gasteiger partial charge in [-0.05, 0) is 25.3 Å². The molecule has 1 N–H and O–H groups in total. The molecule has 0 aliphatic rings. The Bertz CT molecular complexity index is 698. The van der Waals surface area contributed by atoms with Gasteiger partial charge in [0.2, 0.25) is 0 Å². The molecule has 5 nitrogen and oxygen atoms in total. The van der Waals surface area contributed by atoms with Gasteiger partial charge in [-0.1, -0.05) is 41.0 Å². The lowest BCUT2D eigenvalue weighted by atomic mass is 10.2. The zero-order valence-electron chi connectivity index (χ0n) is 11.9. The molecule has 0 radical (unpaired) electrons. The number of carbonyl (C=O) groups is 1. The zero-order valence-corrected chi connectivity index (χ0v) is 14.2. The van der Waals surface area contributed by atoms with Crippen molar-refractivity contribution < 1.29 is 9.53 Å². The summed E-state index contributed by atoms with van der Waals surface area (Å²) in [5.41, 5.74) is 0.779. The third-order valence-corrected chi connectivity index (χ3v) is 4.03. The Morgan fingerprint density at radius 3 is 2.86 bits per heavy atom. The van der Waals surface area contributed by atoms with Gasteiger partial charge in [-0.25, -0.2) is 14.8 Å². The maximum absolute atomic E-state index is 12.0. The van der Waals surface area contributed by atoms with Crippen molar-refractivity contribution in [1.29, 1.82) is 0 Å². The van der Waals surface area contributed by atoms with Crippen molar-refractivity contribution in [3.63, 3.8) is 0 Å². The van der Waals surface area contributed by atoms with Gasteiger partial charge in [-0.15, -0.1) is 0 Å². The molecular formula is C14H13Cl2N3O2S. The van der Waals surface area contributed by atoms with E-state index in [1.807, 2.05) is 6.26 Å². The Balaban J connectivity index is 2.43. The van der Waals surface area contributed by atoms with Crippen LogP contribution in [0.25, 0.3) is 0 Å². The van der Waals surface area contributed by atoms with E-state index in [0.29, 0.717) is 26.7 Å². The number of hydrogen-bond donors (Lipinski definition) is 1. The van der Waals surface area contributed by atoms with E-state index in [4.69, 9.17) is 27.9 Å². The number of ether oxygens (including phenoxy) is 1. The molecule has 0 fully saturated rings. The number of anilines is 2. The summed E-state index contributed by atoms with van der Waals surface area (Å²) in [5.74, 6) is -0.183. The van der Waals surface area contributed by atoms with Crippen LogP contribution in [-0.2, 0) is 4.74 Å². The summed E-state index contributed by atoms with van der Waals surface area (Å²) < 4.78 is 5.01. The Morgan fingerprint density at radius 1 is 1.41 bits per heavy atom. The van der Waals surface area contributed by atoms with Crippen LogP contribution < -0.4 is 5.32 Å². The fourth-order valence-corrected chi connectivity index (χ4v) is 2.33. The van der Waals surface area contributed by atoms with Gasteiger partial charge in [-0.3, -0.25) is 0 Å². The first-order valence-electron chi connectivity index (χ1n) is 6.36. The molecular weight excluding hydrogens is 345 g/mol. The SMILES string of the molecule is CCOC(=O)c1cnc(SC)nc1Nc1cccc(Cl)c1Cl. The quantitative estimate of drug-likeness (QED) is 0.485. The monoisotopic (exact) mass is 357 g/mol. The van der Waals surface area contributed by atoms with E-state index in [2.05, 4.69) is 15.3 Å². The summed E-state index contributed by atoms with van der Waals surface area (Å²) in [6.07, 6.45) is 3.27. The van der Waals surface area contributed by atoms with Crippen LogP contribution in [0.3, 0.4) is 0 Å². The second-order valence-corrected chi connectivity index (χ2v) is 5.62. The van der Waals surface area contributed by atoms with Crippen LogP contribution in [0.2, 0.25) is 10.0 Å². The van der Waals surface area contributed by atoms with Gasteiger partial charge in [0.25, 0.3) is 0 Å². The summed E-state index contributed by atoms with van der Waals surface area (Å²) in [7, 11) is 0. The number of hydrogen-bond acceptors (Lipinski definition) is 6. The molecule has 0 bridgehead atoms. The van der Waals surface area contributed by atoms with Crippen molar-refractivity contribution in [2.24, 2.45) is 0 Å². The van der Waals surface area contributed by atoms with E-state index in [-0.39, 0.29) is 12.2 Å². The van der Waals surface area contributed by atoms with Crippen LogP contribution >= 0.6 is 35.0 Å². The highest BCUT2D eigenvalue weighted by Gasteiger charge is 2.17. The van der Waals surface area contributed by atoms with Crippen molar-refractivity contribution in [2.45, 2.75) is 12.1 Å². The molecule has 0 aliphatic carbocycles. The van der Waals surface area contributed by atoms with Crippen LogP contribution in [0, 0.1) is 0 Å². The molecule has 0 saturated heterocycles.